The molecule has 0 unspecified atom stereocenters. The molecule has 0 radical (unpaired) electrons. The van der Waals surface area contributed by atoms with E-state index < -0.39 is 30.3 Å². The second-order valence-electron chi connectivity index (χ2n) is 5.78. The summed E-state index contributed by atoms with van der Waals surface area (Å²) in [4.78, 5) is 35.4. The van der Waals surface area contributed by atoms with Crippen LogP contribution in [0.25, 0.3) is 0 Å². The predicted octanol–water partition coefficient (Wildman–Crippen LogP) is 1.55. The van der Waals surface area contributed by atoms with Crippen molar-refractivity contribution in [3.8, 4) is 0 Å². The molecule has 24 heavy (non-hydrogen) atoms. The van der Waals surface area contributed by atoms with Gasteiger partial charge >= 0.3 is 5.97 Å². The zero-order chi connectivity index (χ0) is 17.5. The van der Waals surface area contributed by atoms with Crippen molar-refractivity contribution in [1.82, 2.24) is 10.6 Å². The van der Waals surface area contributed by atoms with Crippen LogP contribution in [0.3, 0.4) is 0 Å². The standard InChI is InChI=1S/C17H21FN2O4/c1-11(16(22)20-12-6-2-3-7-12)24-15(21)10-19-17(23)13-8-4-5-9-14(13)18/h4-5,8-9,11-12H,2-3,6-7,10H2,1H3,(H,19,23)(H,20,22)/t11-/m1/s1. The summed E-state index contributed by atoms with van der Waals surface area (Å²) in [5.74, 6) is -2.50. The third kappa shape index (κ3) is 5.04. The molecule has 1 aromatic rings. The summed E-state index contributed by atoms with van der Waals surface area (Å²) < 4.78 is 18.4. The molecule has 0 saturated heterocycles. The molecule has 0 aromatic heterocycles. The van der Waals surface area contributed by atoms with Crippen molar-refractivity contribution >= 4 is 17.8 Å². The molecule has 2 amide bonds. The van der Waals surface area contributed by atoms with Gasteiger partial charge in [0.2, 0.25) is 0 Å². The average Bonchev–Trinajstić information content (AvgIpc) is 3.06. The Morgan fingerprint density at radius 3 is 2.58 bits per heavy atom. The maximum Gasteiger partial charge on any atom is 0.326 e. The van der Waals surface area contributed by atoms with Crippen LogP contribution in [0.5, 0.6) is 0 Å². The van der Waals surface area contributed by atoms with Crippen LogP contribution in [0.4, 0.5) is 4.39 Å². The highest BCUT2D eigenvalue weighted by molar-refractivity contribution is 5.96. The highest BCUT2D eigenvalue weighted by Gasteiger charge is 2.23. The van der Waals surface area contributed by atoms with Gasteiger partial charge in [-0.3, -0.25) is 14.4 Å². The fourth-order valence-electron chi connectivity index (χ4n) is 2.57. The van der Waals surface area contributed by atoms with E-state index in [-0.39, 0.29) is 17.5 Å². The van der Waals surface area contributed by atoms with Crippen molar-refractivity contribution < 1.29 is 23.5 Å². The van der Waals surface area contributed by atoms with Crippen LogP contribution in [-0.2, 0) is 14.3 Å². The number of hydrogen-bond donors (Lipinski definition) is 2. The summed E-state index contributed by atoms with van der Waals surface area (Å²) in [5.41, 5.74) is -0.155. The molecule has 2 rings (SSSR count). The largest absolute Gasteiger partial charge is 0.451 e. The lowest BCUT2D eigenvalue weighted by Crippen LogP contribution is -2.42. The van der Waals surface area contributed by atoms with Gasteiger partial charge in [-0.25, -0.2) is 4.39 Å². The molecular weight excluding hydrogens is 315 g/mol. The monoisotopic (exact) mass is 336 g/mol. The van der Waals surface area contributed by atoms with Crippen molar-refractivity contribution in [2.75, 3.05) is 6.54 Å². The normalized spacial score (nSPS) is 15.6. The first kappa shape index (κ1) is 17.9. The fraction of sp³-hybridized carbons (Fsp3) is 0.471. The fourth-order valence-corrected chi connectivity index (χ4v) is 2.57. The lowest BCUT2D eigenvalue weighted by Gasteiger charge is -2.17. The van der Waals surface area contributed by atoms with Crippen LogP contribution in [-0.4, -0.2) is 36.5 Å². The van der Waals surface area contributed by atoms with Gasteiger partial charge in [0.05, 0.1) is 5.56 Å². The first-order valence-corrected chi connectivity index (χ1v) is 8.00. The average molecular weight is 336 g/mol. The molecule has 0 spiro atoms. The molecule has 0 heterocycles. The second-order valence-corrected chi connectivity index (χ2v) is 5.78. The Bertz CT molecular complexity index is 614. The Morgan fingerprint density at radius 2 is 1.92 bits per heavy atom. The molecule has 6 nitrogen and oxygen atoms in total. The first-order chi connectivity index (χ1) is 11.5. The summed E-state index contributed by atoms with van der Waals surface area (Å²) in [7, 11) is 0. The van der Waals surface area contributed by atoms with E-state index in [0.717, 1.165) is 31.7 Å². The Morgan fingerprint density at radius 1 is 1.25 bits per heavy atom. The van der Waals surface area contributed by atoms with Gasteiger partial charge in [0.15, 0.2) is 6.10 Å². The maximum absolute atomic E-state index is 13.4. The Labute approximate surface area is 139 Å². The van der Waals surface area contributed by atoms with Crippen LogP contribution in [0.15, 0.2) is 24.3 Å². The molecular formula is C17H21FN2O4. The molecule has 1 saturated carbocycles. The lowest BCUT2D eigenvalue weighted by atomic mass is 10.2. The van der Waals surface area contributed by atoms with E-state index in [0.29, 0.717) is 0 Å². The number of hydrogen-bond acceptors (Lipinski definition) is 4. The van der Waals surface area contributed by atoms with Crippen LogP contribution in [0.1, 0.15) is 43.0 Å². The zero-order valence-corrected chi connectivity index (χ0v) is 13.5. The Kier molecular flexibility index (Phi) is 6.28. The van der Waals surface area contributed by atoms with Gasteiger partial charge in [-0.15, -0.1) is 0 Å². The highest BCUT2D eigenvalue weighted by Crippen LogP contribution is 2.17. The van der Waals surface area contributed by atoms with E-state index >= 15 is 0 Å². The second kappa shape index (κ2) is 8.42. The Hall–Kier alpha value is -2.44. The summed E-state index contributed by atoms with van der Waals surface area (Å²) in [6.45, 7) is 1.04. The molecule has 1 aliphatic carbocycles. The number of benzene rings is 1. The number of esters is 1. The van der Waals surface area contributed by atoms with E-state index in [1.807, 2.05) is 0 Å². The van der Waals surface area contributed by atoms with E-state index in [9.17, 15) is 18.8 Å². The van der Waals surface area contributed by atoms with Crippen molar-refractivity contribution in [3.63, 3.8) is 0 Å². The lowest BCUT2D eigenvalue weighted by molar-refractivity contribution is -0.154. The van der Waals surface area contributed by atoms with Gasteiger partial charge in [0, 0.05) is 6.04 Å². The van der Waals surface area contributed by atoms with E-state index in [2.05, 4.69) is 10.6 Å². The van der Waals surface area contributed by atoms with E-state index in [1.54, 1.807) is 0 Å². The van der Waals surface area contributed by atoms with Crippen LogP contribution in [0.2, 0.25) is 0 Å². The van der Waals surface area contributed by atoms with Crippen molar-refractivity contribution in [2.24, 2.45) is 0 Å². The number of rotatable bonds is 6. The quantitative estimate of drug-likeness (QED) is 0.772. The molecule has 0 aliphatic heterocycles. The van der Waals surface area contributed by atoms with Crippen LogP contribution >= 0.6 is 0 Å². The number of amides is 2. The van der Waals surface area contributed by atoms with Crippen LogP contribution in [0, 0.1) is 5.82 Å². The third-order valence-corrected chi connectivity index (χ3v) is 3.89. The molecule has 1 aliphatic rings. The third-order valence-electron chi connectivity index (χ3n) is 3.89. The number of halogens is 1. The van der Waals surface area contributed by atoms with Gasteiger partial charge in [0.1, 0.15) is 12.4 Å². The maximum atomic E-state index is 13.4. The minimum Gasteiger partial charge on any atom is -0.451 e. The van der Waals surface area contributed by atoms with Crippen LogP contribution < -0.4 is 10.6 Å². The topological polar surface area (TPSA) is 84.5 Å². The summed E-state index contributed by atoms with van der Waals surface area (Å²) in [5, 5.41) is 5.10. The summed E-state index contributed by atoms with van der Waals surface area (Å²) in [6, 6.07) is 5.59. The smallest absolute Gasteiger partial charge is 0.326 e. The van der Waals surface area contributed by atoms with Gasteiger partial charge in [-0.2, -0.15) is 0 Å². The summed E-state index contributed by atoms with van der Waals surface area (Å²) >= 11 is 0. The molecule has 7 heteroatoms. The molecule has 2 N–H and O–H groups in total. The number of ether oxygens (including phenoxy) is 1. The molecule has 1 fully saturated rings. The van der Waals surface area contributed by atoms with Crippen molar-refractivity contribution in [3.05, 3.63) is 35.6 Å². The van der Waals surface area contributed by atoms with E-state index in [1.165, 1.54) is 25.1 Å². The number of carbonyl (C=O) groups is 3. The Balaban J connectivity index is 1.75. The van der Waals surface area contributed by atoms with Gasteiger partial charge in [-0.05, 0) is 31.9 Å². The SMILES string of the molecule is C[C@@H](OC(=O)CNC(=O)c1ccccc1F)C(=O)NC1CCCC1. The number of carbonyl (C=O) groups excluding carboxylic acids is 3. The minimum absolute atomic E-state index is 0.138. The molecule has 130 valence electrons. The molecule has 1 aromatic carbocycles. The summed E-state index contributed by atoms with van der Waals surface area (Å²) in [6.07, 6.45) is 3.10. The van der Waals surface area contributed by atoms with Gasteiger partial charge in [-0.1, -0.05) is 25.0 Å². The minimum atomic E-state index is -0.941. The zero-order valence-electron chi connectivity index (χ0n) is 13.5. The van der Waals surface area contributed by atoms with Crippen molar-refractivity contribution in [1.29, 1.82) is 0 Å². The predicted molar refractivity (Wildman–Crippen MR) is 84.7 cm³/mol. The van der Waals surface area contributed by atoms with Gasteiger partial charge in [0.25, 0.3) is 11.8 Å². The van der Waals surface area contributed by atoms with Gasteiger partial charge < -0.3 is 15.4 Å². The number of nitrogens with one attached hydrogen (secondary N) is 2. The molecule has 1 atom stereocenters. The molecule has 0 bridgehead atoms. The van der Waals surface area contributed by atoms with E-state index in [4.69, 9.17) is 4.74 Å². The highest BCUT2D eigenvalue weighted by atomic mass is 19.1. The van der Waals surface area contributed by atoms with Crippen molar-refractivity contribution in [2.45, 2.75) is 44.8 Å². The first-order valence-electron chi connectivity index (χ1n) is 8.00.